The molecule has 1 aliphatic carbocycles. The number of hydrogen-bond donors (Lipinski definition) is 4. The molecule has 20 heavy (non-hydrogen) atoms. The van der Waals surface area contributed by atoms with Gasteiger partial charge in [-0.15, -0.1) is 0 Å². The number of aliphatic hydroxyl groups is 1. The first-order valence-corrected chi connectivity index (χ1v) is 8.26. The Labute approximate surface area is 119 Å². The zero-order chi connectivity index (χ0) is 14.8. The Morgan fingerprint density at radius 3 is 2.60 bits per heavy atom. The van der Waals surface area contributed by atoms with E-state index in [-0.39, 0.29) is 16.9 Å². The van der Waals surface area contributed by atoms with Crippen molar-refractivity contribution in [3.8, 4) is 0 Å². The van der Waals surface area contributed by atoms with Gasteiger partial charge in [-0.2, -0.15) is 0 Å². The molecule has 6 N–H and O–H groups in total. The van der Waals surface area contributed by atoms with Crippen molar-refractivity contribution in [2.45, 2.75) is 36.7 Å². The van der Waals surface area contributed by atoms with E-state index in [1.54, 1.807) is 6.07 Å². The van der Waals surface area contributed by atoms with Crippen LogP contribution in [-0.4, -0.2) is 26.2 Å². The Morgan fingerprint density at radius 2 is 1.95 bits per heavy atom. The second kappa shape index (κ2) is 5.99. The van der Waals surface area contributed by atoms with Crippen LogP contribution in [0.3, 0.4) is 0 Å². The molecule has 2 atom stereocenters. The van der Waals surface area contributed by atoms with Crippen molar-refractivity contribution in [3.05, 3.63) is 18.2 Å². The molecule has 2 unspecified atom stereocenters. The van der Waals surface area contributed by atoms with Crippen molar-refractivity contribution in [2.75, 3.05) is 17.6 Å². The van der Waals surface area contributed by atoms with E-state index in [0.717, 1.165) is 25.7 Å². The fraction of sp³-hybridized carbons (Fsp3) is 0.538. The van der Waals surface area contributed by atoms with Gasteiger partial charge in [0, 0.05) is 23.8 Å². The summed E-state index contributed by atoms with van der Waals surface area (Å²) in [6.45, 7) is 0.592. The van der Waals surface area contributed by atoms with E-state index in [9.17, 15) is 13.5 Å². The Balaban J connectivity index is 2.08. The number of primary sulfonamides is 1. The molecular weight excluding hydrogens is 278 g/mol. The standard InChI is InChI=1S/C13H21N3O3S/c14-10-5-11(7-12(6-10)20(15,18)19)16-8-9-3-1-2-4-13(9)17/h5-7,9,13,16-17H,1-4,8,14H2,(H2,15,18,19). The molecule has 1 aromatic carbocycles. The third-order valence-electron chi connectivity index (χ3n) is 3.69. The van der Waals surface area contributed by atoms with Crippen molar-refractivity contribution in [1.82, 2.24) is 0 Å². The summed E-state index contributed by atoms with van der Waals surface area (Å²) in [4.78, 5) is -0.0100. The molecule has 0 amide bonds. The molecule has 1 fully saturated rings. The van der Waals surface area contributed by atoms with Gasteiger partial charge in [-0.1, -0.05) is 12.8 Å². The lowest BCUT2D eigenvalue weighted by Crippen LogP contribution is -2.30. The largest absolute Gasteiger partial charge is 0.399 e. The molecule has 0 aliphatic heterocycles. The van der Waals surface area contributed by atoms with E-state index in [2.05, 4.69) is 5.32 Å². The first kappa shape index (κ1) is 15.1. The quantitative estimate of drug-likeness (QED) is 0.615. The second-order valence-electron chi connectivity index (χ2n) is 5.33. The fourth-order valence-electron chi connectivity index (χ4n) is 2.56. The van der Waals surface area contributed by atoms with Crippen LogP contribution in [0.2, 0.25) is 0 Å². The molecule has 1 saturated carbocycles. The number of sulfonamides is 1. The van der Waals surface area contributed by atoms with E-state index in [0.29, 0.717) is 17.9 Å². The second-order valence-corrected chi connectivity index (χ2v) is 6.89. The van der Waals surface area contributed by atoms with Crippen molar-refractivity contribution < 1.29 is 13.5 Å². The Bertz CT molecular complexity index is 574. The Morgan fingerprint density at radius 1 is 1.25 bits per heavy atom. The molecule has 2 rings (SSSR count). The smallest absolute Gasteiger partial charge is 0.238 e. The van der Waals surface area contributed by atoms with E-state index in [1.165, 1.54) is 12.1 Å². The lowest BCUT2D eigenvalue weighted by molar-refractivity contribution is 0.0763. The van der Waals surface area contributed by atoms with Gasteiger partial charge in [0.25, 0.3) is 0 Å². The molecule has 7 heteroatoms. The summed E-state index contributed by atoms with van der Waals surface area (Å²) < 4.78 is 22.7. The summed E-state index contributed by atoms with van der Waals surface area (Å²) >= 11 is 0. The molecule has 0 aromatic heterocycles. The molecule has 6 nitrogen and oxygen atoms in total. The van der Waals surface area contributed by atoms with Crippen LogP contribution in [0.25, 0.3) is 0 Å². The normalized spacial score (nSPS) is 23.5. The van der Waals surface area contributed by atoms with Crippen LogP contribution in [0, 0.1) is 5.92 Å². The third-order valence-corrected chi connectivity index (χ3v) is 4.59. The number of anilines is 2. The van der Waals surface area contributed by atoms with Gasteiger partial charge >= 0.3 is 0 Å². The molecule has 0 spiro atoms. The van der Waals surface area contributed by atoms with Gasteiger partial charge in [0.2, 0.25) is 10.0 Å². The van der Waals surface area contributed by atoms with Gasteiger partial charge in [-0.05, 0) is 31.0 Å². The maximum atomic E-state index is 11.3. The van der Waals surface area contributed by atoms with Crippen molar-refractivity contribution >= 4 is 21.4 Å². The van der Waals surface area contributed by atoms with Crippen molar-refractivity contribution in [3.63, 3.8) is 0 Å². The summed E-state index contributed by atoms with van der Waals surface area (Å²) in [6.07, 6.45) is 3.67. The summed E-state index contributed by atoms with van der Waals surface area (Å²) in [5.74, 6) is 0.183. The first-order chi connectivity index (χ1) is 9.36. The maximum Gasteiger partial charge on any atom is 0.238 e. The summed E-state index contributed by atoms with van der Waals surface area (Å²) in [7, 11) is -3.77. The summed E-state index contributed by atoms with van der Waals surface area (Å²) in [5, 5.41) is 18.1. The van der Waals surface area contributed by atoms with Gasteiger partial charge in [0.05, 0.1) is 11.0 Å². The number of rotatable bonds is 4. The summed E-state index contributed by atoms with van der Waals surface area (Å²) in [6, 6.07) is 4.45. The van der Waals surface area contributed by atoms with Crippen LogP contribution in [0.5, 0.6) is 0 Å². The number of nitrogens with one attached hydrogen (secondary N) is 1. The van der Waals surface area contributed by atoms with E-state index < -0.39 is 10.0 Å². The van der Waals surface area contributed by atoms with Crippen LogP contribution in [0.15, 0.2) is 23.1 Å². The SMILES string of the molecule is Nc1cc(NCC2CCCCC2O)cc(S(N)(=O)=O)c1. The zero-order valence-electron chi connectivity index (χ0n) is 11.2. The third kappa shape index (κ3) is 3.84. The highest BCUT2D eigenvalue weighted by atomic mass is 32.2. The van der Waals surface area contributed by atoms with Crippen LogP contribution in [-0.2, 0) is 10.0 Å². The molecule has 0 radical (unpaired) electrons. The van der Waals surface area contributed by atoms with Crippen LogP contribution >= 0.6 is 0 Å². The minimum absolute atomic E-state index is 0.0100. The van der Waals surface area contributed by atoms with Gasteiger partial charge in [0.15, 0.2) is 0 Å². The highest BCUT2D eigenvalue weighted by Gasteiger charge is 2.22. The number of benzene rings is 1. The molecule has 1 aromatic rings. The molecule has 0 saturated heterocycles. The van der Waals surface area contributed by atoms with E-state index >= 15 is 0 Å². The Hall–Kier alpha value is -1.31. The fourth-order valence-corrected chi connectivity index (χ4v) is 3.16. The van der Waals surface area contributed by atoms with Gasteiger partial charge in [-0.25, -0.2) is 13.6 Å². The molecule has 0 bridgehead atoms. The molecule has 0 heterocycles. The minimum Gasteiger partial charge on any atom is -0.399 e. The molecule has 112 valence electrons. The maximum absolute atomic E-state index is 11.3. The van der Waals surface area contributed by atoms with Crippen LogP contribution < -0.4 is 16.2 Å². The van der Waals surface area contributed by atoms with Gasteiger partial charge in [0.1, 0.15) is 0 Å². The van der Waals surface area contributed by atoms with E-state index in [4.69, 9.17) is 10.9 Å². The van der Waals surface area contributed by atoms with Gasteiger partial charge in [-0.3, -0.25) is 0 Å². The monoisotopic (exact) mass is 299 g/mol. The van der Waals surface area contributed by atoms with Crippen LogP contribution in [0.1, 0.15) is 25.7 Å². The molecule has 1 aliphatic rings. The average Bonchev–Trinajstić information content (AvgIpc) is 2.36. The van der Waals surface area contributed by atoms with Crippen molar-refractivity contribution in [1.29, 1.82) is 0 Å². The topological polar surface area (TPSA) is 118 Å². The average molecular weight is 299 g/mol. The highest BCUT2D eigenvalue weighted by Crippen LogP contribution is 2.26. The lowest BCUT2D eigenvalue weighted by atomic mass is 9.86. The number of hydrogen-bond acceptors (Lipinski definition) is 5. The first-order valence-electron chi connectivity index (χ1n) is 6.71. The number of nitrogens with two attached hydrogens (primary N) is 2. The van der Waals surface area contributed by atoms with Crippen molar-refractivity contribution in [2.24, 2.45) is 11.1 Å². The van der Waals surface area contributed by atoms with Crippen LogP contribution in [0.4, 0.5) is 11.4 Å². The Kier molecular flexibility index (Phi) is 4.52. The summed E-state index contributed by atoms with van der Waals surface area (Å²) in [5.41, 5.74) is 6.62. The predicted molar refractivity (Wildman–Crippen MR) is 78.7 cm³/mol. The number of nitrogen functional groups attached to an aromatic ring is 1. The molecular formula is C13H21N3O3S. The highest BCUT2D eigenvalue weighted by molar-refractivity contribution is 7.89. The minimum atomic E-state index is -3.77. The number of aliphatic hydroxyl groups excluding tert-OH is 1. The van der Waals surface area contributed by atoms with E-state index in [1.807, 2.05) is 0 Å². The lowest BCUT2D eigenvalue weighted by Gasteiger charge is -2.28. The predicted octanol–water partition coefficient (Wildman–Crippen LogP) is 0.879. The van der Waals surface area contributed by atoms with Gasteiger partial charge < -0.3 is 16.2 Å². The zero-order valence-corrected chi connectivity index (χ0v) is 12.1.